The molecule has 0 spiro atoms. The molecule has 0 aliphatic carbocycles. The summed E-state index contributed by atoms with van der Waals surface area (Å²) in [7, 11) is 3.19. The zero-order valence-electron chi connectivity index (χ0n) is 21.7. The van der Waals surface area contributed by atoms with Gasteiger partial charge < -0.3 is 19.7 Å². The molecule has 0 heterocycles. The highest BCUT2D eigenvalue weighted by Gasteiger charge is 2.30. The van der Waals surface area contributed by atoms with Gasteiger partial charge in [0.2, 0.25) is 11.8 Å². The molecule has 3 aromatic carbocycles. The number of hydrogen-bond acceptors (Lipinski definition) is 4. The van der Waals surface area contributed by atoms with Crippen LogP contribution in [0.5, 0.6) is 11.5 Å². The van der Waals surface area contributed by atoms with Crippen LogP contribution in [-0.2, 0) is 29.0 Å². The summed E-state index contributed by atoms with van der Waals surface area (Å²) in [6.07, 6.45) is 2.04. The van der Waals surface area contributed by atoms with Gasteiger partial charge in [-0.2, -0.15) is 0 Å². The molecule has 0 fully saturated rings. The van der Waals surface area contributed by atoms with E-state index in [1.807, 2.05) is 79.7 Å². The van der Waals surface area contributed by atoms with Gasteiger partial charge >= 0.3 is 0 Å². The van der Waals surface area contributed by atoms with E-state index in [0.29, 0.717) is 37.4 Å². The van der Waals surface area contributed by atoms with E-state index in [-0.39, 0.29) is 18.2 Å². The zero-order chi connectivity index (χ0) is 26.6. The van der Waals surface area contributed by atoms with Crippen LogP contribution >= 0.6 is 15.9 Å². The molecule has 0 unspecified atom stereocenters. The first kappa shape index (κ1) is 28.3. The fourth-order valence-electron chi connectivity index (χ4n) is 4.18. The van der Waals surface area contributed by atoms with Crippen molar-refractivity contribution in [2.75, 3.05) is 20.8 Å². The third-order valence-electron chi connectivity index (χ3n) is 6.14. The van der Waals surface area contributed by atoms with E-state index in [9.17, 15) is 9.59 Å². The third-order valence-corrected chi connectivity index (χ3v) is 6.63. The van der Waals surface area contributed by atoms with Gasteiger partial charge in [0.25, 0.3) is 0 Å². The number of nitrogens with one attached hydrogen (secondary N) is 1. The minimum atomic E-state index is -0.633. The smallest absolute Gasteiger partial charge is 0.243 e. The maximum absolute atomic E-state index is 13.8. The van der Waals surface area contributed by atoms with Crippen molar-refractivity contribution < 1.29 is 19.1 Å². The molecular weight excluding hydrogens is 532 g/mol. The molecule has 0 radical (unpaired) electrons. The maximum atomic E-state index is 13.8. The van der Waals surface area contributed by atoms with E-state index < -0.39 is 6.04 Å². The quantitative estimate of drug-likeness (QED) is 0.294. The first-order valence-electron chi connectivity index (χ1n) is 12.5. The Morgan fingerprint density at radius 2 is 1.62 bits per heavy atom. The van der Waals surface area contributed by atoms with E-state index in [2.05, 4.69) is 21.2 Å². The number of rotatable bonds is 13. The second kappa shape index (κ2) is 14.4. The van der Waals surface area contributed by atoms with Crippen LogP contribution in [-0.4, -0.2) is 43.5 Å². The standard InChI is InChI=1S/C30H35BrN2O4/c1-4-17-32-30(35)26(19-22-9-6-5-7-10-22)33(21-24-11-8-12-25(31)18-24)29(34)16-14-23-13-15-27(36-2)28(20-23)37-3/h5-13,15,18,20,26H,4,14,16-17,19,21H2,1-3H3,(H,32,35)/t26-/m1/s1. The van der Waals surface area contributed by atoms with E-state index >= 15 is 0 Å². The van der Waals surface area contributed by atoms with Gasteiger partial charge in [-0.15, -0.1) is 0 Å². The first-order valence-corrected chi connectivity index (χ1v) is 13.3. The number of hydrogen-bond donors (Lipinski definition) is 1. The molecule has 2 amide bonds. The fraction of sp³-hybridized carbons (Fsp3) is 0.333. The van der Waals surface area contributed by atoms with Crippen LogP contribution in [0.4, 0.5) is 0 Å². The number of methoxy groups -OCH3 is 2. The number of halogens is 1. The Hall–Kier alpha value is -3.32. The van der Waals surface area contributed by atoms with Gasteiger partial charge in [0, 0.05) is 30.4 Å². The number of aryl methyl sites for hydroxylation is 1. The highest BCUT2D eigenvalue weighted by Crippen LogP contribution is 2.28. The van der Waals surface area contributed by atoms with Crippen molar-refractivity contribution in [1.29, 1.82) is 0 Å². The molecular formula is C30H35BrN2O4. The fourth-order valence-corrected chi connectivity index (χ4v) is 4.63. The van der Waals surface area contributed by atoms with Crippen molar-refractivity contribution in [3.63, 3.8) is 0 Å². The van der Waals surface area contributed by atoms with Crippen LogP contribution < -0.4 is 14.8 Å². The SMILES string of the molecule is CCCNC(=O)[C@@H](Cc1ccccc1)N(Cc1cccc(Br)c1)C(=O)CCc1ccc(OC)c(OC)c1. The van der Waals surface area contributed by atoms with Gasteiger partial charge in [-0.25, -0.2) is 0 Å². The summed E-state index contributed by atoms with van der Waals surface area (Å²) in [5.41, 5.74) is 2.92. The normalized spacial score (nSPS) is 11.5. The van der Waals surface area contributed by atoms with E-state index in [1.54, 1.807) is 19.1 Å². The van der Waals surface area contributed by atoms with Crippen molar-refractivity contribution in [1.82, 2.24) is 10.2 Å². The van der Waals surface area contributed by atoms with Gasteiger partial charge in [0.1, 0.15) is 6.04 Å². The van der Waals surface area contributed by atoms with Crippen molar-refractivity contribution in [3.05, 3.63) is 94.0 Å². The molecule has 196 valence electrons. The zero-order valence-corrected chi connectivity index (χ0v) is 23.3. The van der Waals surface area contributed by atoms with Crippen LogP contribution in [0.25, 0.3) is 0 Å². The molecule has 7 heteroatoms. The number of benzene rings is 3. The lowest BCUT2D eigenvalue weighted by molar-refractivity contribution is -0.141. The summed E-state index contributed by atoms with van der Waals surface area (Å²) in [6, 6.07) is 22.7. The summed E-state index contributed by atoms with van der Waals surface area (Å²) < 4.78 is 11.7. The summed E-state index contributed by atoms with van der Waals surface area (Å²) in [5, 5.41) is 3.01. The Balaban J connectivity index is 1.89. The number of carbonyl (C=O) groups is 2. The Kier molecular flexibility index (Phi) is 11.0. The highest BCUT2D eigenvalue weighted by atomic mass is 79.9. The molecule has 6 nitrogen and oxygen atoms in total. The summed E-state index contributed by atoms with van der Waals surface area (Å²) >= 11 is 3.52. The highest BCUT2D eigenvalue weighted by molar-refractivity contribution is 9.10. The van der Waals surface area contributed by atoms with E-state index in [1.165, 1.54) is 0 Å². The number of amides is 2. The summed E-state index contributed by atoms with van der Waals surface area (Å²) in [6.45, 7) is 2.91. The van der Waals surface area contributed by atoms with Gasteiger partial charge in [-0.1, -0.05) is 71.4 Å². The van der Waals surface area contributed by atoms with Crippen LogP contribution in [0.3, 0.4) is 0 Å². The summed E-state index contributed by atoms with van der Waals surface area (Å²) in [4.78, 5) is 28.9. The monoisotopic (exact) mass is 566 g/mol. The Morgan fingerprint density at radius 3 is 2.30 bits per heavy atom. The molecule has 37 heavy (non-hydrogen) atoms. The van der Waals surface area contributed by atoms with Crippen LogP contribution in [0, 0.1) is 0 Å². The van der Waals surface area contributed by atoms with Crippen molar-refractivity contribution >= 4 is 27.7 Å². The van der Waals surface area contributed by atoms with Crippen LogP contribution in [0.15, 0.2) is 77.3 Å². The molecule has 3 rings (SSSR count). The Bertz CT molecular complexity index is 1170. The molecule has 3 aromatic rings. The van der Waals surface area contributed by atoms with E-state index in [4.69, 9.17) is 9.47 Å². The minimum Gasteiger partial charge on any atom is -0.493 e. The molecule has 1 N–H and O–H groups in total. The summed E-state index contributed by atoms with van der Waals surface area (Å²) in [5.74, 6) is 1.05. The van der Waals surface area contributed by atoms with Gasteiger partial charge in [-0.3, -0.25) is 9.59 Å². The van der Waals surface area contributed by atoms with Crippen molar-refractivity contribution in [2.24, 2.45) is 0 Å². The molecule has 0 aliphatic heterocycles. The van der Waals surface area contributed by atoms with Crippen molar-refractivity contribution in [2.45, 2.75) is 45.2 Å². The minimum absolute atomic E-state index is 0.0812. The largest absolute Gasteiger partial charge is 0.493 e. The van der Waals surface area contributed by atoms with Crippen molar-refractivity contribution in [3.8, 4) is 11.5 Å². The number of ether oxygens (including phenoxy) is 2. The Labute approximate surface area is 228 Å². The van der Waals surface area contributed by atoms with Gasteiger partial charge in [-0.05, 0) is 53.8 Å². The second-order valence-corrected chi connectivity index (χ2v) is 9.75. The van der Waals surface area contributed by atoms with E-state index in [0.717, 1.165) is 27.6 Å². The Morgan fingerprint density at radius 1 is 0.892 bits per heavy atom. The van der Waals surface area contributed by atoms with Crippen LogP contribution in [0.2, 0.25) is 0 Å². The molecule has 0 aliphatic rings. The number of nitrogens with zero attached hydrogens (tertiary/aromatic N) is 1. The van der Waals surface area contributed by atoms with Gasteiger partial charge in [0.05, 0.1) is 14.2 Å². The lowest BCUT2D eigenvalue weighted by Crippen LogP contribution is -2.50. The molecule has 0 bridgehead atoms. The molecule has 0 saturated heterocycles. The molecule has 0 saturated carbocycles. The predicted octanol–water partition coefficient (Wildman–Crippen LogP) is 5.57. The van der Waals surface area contributed by atoms with Crippen LogP contribution in [0.1, 0.15) is 36.5 Å². The lowest BCUT2D eigenvalue weighted by atomic mass is 10.0. The average molecular weight is 568 g/mol. The third kappa shape index (κ3) is 8.35. The lowest BCUT2D eigenvalue weighted by Gasteiger charge is -2.32. The maximum Gasteiger partial charge on any atom is 0.243 e. The predicted molar refractivity (Wildman–Crippen MR) is 150 cm³/mol. The molecule has 1 atom stereocenters. The second-order valence-electron chi connectivity index (χ2n) is 8.84. The first-order chi connectivity index (χ1) is 17.9. The topological polar surface area (TPSA) is 67.9 Å². The van der Waals surface area contributed by atoms with Gasteiger partial charge in [0.15, 0.2) is 11.5 Å². The molecule has 0 aromatic heterocycles. The number of carbonyl (C=O) groups excluding carboxylic acids is 2. The average Bonchev–Trinajstić information content (AvgIpc) is 2.92.